The highest BCUT2D eigenvalue weighted by atomic mass is 16.2. The van der Waals surface area contributed by atoms with Crippen molar-refractivity contribution in [3.8, 4) is 0 Å². The lowest BCUT2D eigenvalue weighted by atomic mass is 9.96. The Balaban J connectivity index is 1.56. The minimum atomic E-state index is 0.0336. The molecule has 0 aromatic carbocycles. The number of likely N-dealkylation sites (tertiary alicyclic amines) is 2. The molecule has 3 atom stereocenters. The van der Waals surface area contributed by atoms with Crippen LogP contribution in [0.4, 0.5) is 0 Å². The molecule has 5 nitrogen and oxygen atoms in total. The second-order valence-corrected chi connectivity index (χ2v) is 6.85. The Bertz CT molecular complexity index is 400. The second-order valence-electron chi connectivity index (χ2n) is 6.85. The molecule has 0 bridgehead atoms. The molecule has 3 rings (SSSR count). The molecular weight excluding hydrogens is 266 g/mol. The number of nitrogens with one attached hydrogen (secondary N) is 1. The van der Waals surface area contributed by atoms with Gasteiger partial charge in [0, 0.05) is 45.7 Å². The zero-order chi connectivity index (χ0) is 14.8. The molecule has 21 heavy (non-hydrogen) atoms. The van der Waals surface area contributed by atoms with Gasteiger partial charge in [0.25, 0.3) is 0 Å². The first kappa shape index (κ1) is 14.8. The van der Waals surface area contributed by atoms with E-state index in [2.05, 4.69) is 10.2 Å². The third-order valence-corrected chi connectivity index (χ3v) is 5.29. The van der Waals surface area contributed by atoms with Gasteiger partial charge < -0.3 is 15.1 Å². The highest BCUT2D eigenvalue weighted by Gasteiger charge is 2.40. The van der Waals surface area contributed by atoms with E-state index in [9.17, 15) is 9.59 Å². The minimum Gasteiger partial charge on any atom is -0.342 e. The maximum atomic E-state index is 12.7. The topological polar surface area (TPSA) is 52.7 Å². The molecule has 0 saturated carbocycles. The Morgan fingerprint density at radius 3 is 2.48 bits per heavy atom. The van der Waals surface area contributed by atoms with E-state index in [0.29, 0.717) is 30.7 Å². The summed E-state index contributed by atoms with van der Waals surface area (Å²) in [5, 5.41) is 3.41. The van der Waals surface area contributed by atoms with E-state index in [1.165, 1.54) is 0 Å². The van der Waals surface area contributed by atoms with Gasteiger partial charge in [-0.05, 0) is 31.1 Å². The molecule has 5 heteroatoms. The quantitative estimate of drug-likeness (QED) is 0.833. The van der Waals surface area contributed by atoms with Crippen LogP contribution in [0.5, 0.6) is 0 Å². The fraction of sp³-hybridized carbons (Fsp3) is 0.875. The molecule has 1 N–H and O–H groups in total. The predicted molar refractivity (Wildman–Crippen MR) is 80.6 cm³/mol. The van der Waals surface area contributed by atoms with E-state index in [1.54, 1.807) is 0 Å². The third-order valence-electron chi connectivity index (χ3n) is 5.29. The van der Waals surface area contributed by atoms with Crippen LogP contribution < -0.4 is 5.32 Å². The van der Waals surface area contributed by atoms with E-state index >= 15 is 0 Å². The van der Waals surface area contributed by atoms with Crippen molar-refractivity contribution in [1.29, 1.82) is 0 Å². The van der Waals surface area contributed by atoms with Gasteiger partial charge in [0.1, 0.15) is 0 Å². The maximum absolute atomic E-state index is 12.7. The van der Waals surface area contributed by atoms with Gasteiger partial charge in [-0.15, -0.1) is 0 Å². The van der Waals surface area contributed by atoms with Crippen molar-refractivity contribution < 1.29 is 9.59 Å². The van der Waals surface area contributed by atoms with Crippen LogP contribution in [0, 0.1) is 17.8 Å². The van der Waals surface area contributed by atoms with E-state index in [-0.39, 0.29) is 11.8 Å². The molecule has 118 valence electrons. The van der Waals surface area contributed by atoms with Crippen LogP contribution in [-0.2, 0) is 9.59 Å². The first-order valence-corrected chi connectivity index (χ1v) is 8.46. The van der Waals surface area contributed by atoms with Crippen LogP contribution in [0.1, 0.15) is 32.6 Å². The van der Waals surface area contributed by atoms with Crippen LogP contribution in [-0.4, -0.2) is 60.9 Å². The standard InChI is InChI=1S/C16H27N3O2/c1-2-4-15(20)18-6-3-5-12(9-18)16(21)19-10-13-7-17-8-14(13)11-19/h12-14,17H,2-11H2,1H3/t12?,13-,14+. The number of fused-ring (bicyclic) bond motifs is 1. The summed E-state index contributed by atoms with van der Waals surface area (Å²) < 4.78 is 0. The van der Waals surface area contributed by atoms with E-state index in [0.717, 1.165) is 52.0 Å². The Morgan fingerprint density at radius 1 is 1.10 bits per heavy atom. The highest BCUT2D eigenvalue weighted by Crippen LogP contribution is 2.29. The van der Waals surface area contributed by atoms with Crippen LogP contribution in [0.3, 0.4) is 0 Å². The number of nitrogens with zero attached hydrogens (tertiary/aromatic N) is 2. The van der Waals surface area contributed by atoms with Crippen molar-refractivity contribution in [2.24, 2.45) is 17.8 Å². The second kappa shape index (κ2) is 6.34. The molecule has 0 aromatic heterocycles. The Labute approximate surface area is 127 Å². The number of carbonyl (C=O) groups excluding carboxylic acids is 2. The first-order chi connectivity index (χ1) is 10.2. The SMILES string of the molecule is CCCC(=O)N1CCCC(C(=O)N2C[C@H]3CNC[C@H]3C2)C1. The molecule has 3 heterocycles. The van der Waals surface area contributed by atoms with Gasteiger partial charge in [-0.1, -0.05) is 6.92 Å². The summed E-state index contributed by atoms with van der Waals surface area (Å²) in [5.74, 6) is 1.84. The lowest BCUT2D eigenvalue weighted by Gasteiger charge is -2.34. The van der Waals surface area contributed by atoms with Crippen LogP contribution >= 0.6 is 0 Å². The zero-order valence-corrected chi connectivity index (χ0v) is 13.0. The number of piperidine rings is 1. The summed E-state index contributed by atoms with van der Waals surface area (Å²) >= 11 is 0. The fourth-order valence-corrected chi connectivity index (χ4v) is 4.07. The molecule has 0 aliphatic carbocycles. The molecular formula is C16H27N3O2. The minimum absolute atomic E-state index is 0.0336. The molecule has 3 saturated heterocycles. The van der Waals surface area contributed by atoms with Gasteiger partial charge in [-0.25, -0.2) is 0 Å². The third kappa shape index (κ3) is 3.07. The van der Waals surface area contributed by atoms with Gasteiger partial charge in [0.05, 0.1) is 5.92 Å². The Hall–Kier alpha value is -1.10. The lowest BCUT2D eigenvalue weighted by Crippen LogP contribution is -2.46. The van der Waals surface area contributed by atoms with E-state index in [4.69, 9.17) is 0 Å². The zero-order valence-electron chi connectivity index (χ0n) is 13.0. The first-order valence-electron chi connectivity index (χ1n) is 8.46. The molecule has 0 radical (unpaired) electrons. The van der Waals surface area contributed by atoms with Crippen molar-refractivity contribution in [1.82, 2.24) is 15.1 Å². The maximum Gasteiger partial charge on any atom is 0.227 e. The molecule has 0 spiro atoms. The van der Waals surface area contributed by atoms with Crippen LogP contribution in [0.15, 0.2) is 0 Å². The van der Waals surface area contributed by atoms with Gasteiger partial charge in [-0.3, -0.25) is 9.59 Å². The normalized spacial score (nSPS) is 32.3. The summed E-state index contributed by atoms with van der Waals surface area (Å²) in [6, 6.07) is 0. The highest BCUT2D eigenvalue weighted by molar-refractivity contribution is 5.81. The van der Waals surface area contributed by atoms with Crippen molar-refractivity contribution in [2.75, 3.05) is 39.3 Å². The molecule has 2 amide bonds. The van der Waals surface area contributed by atoms with Gasteiger partial charge in [-0.2, -0.15) is 0 Å². The summed E-state index contributed by atoms with van der Waals surface area (Å²) in [6.07, 6.45) is 3.41. The smallest absolute Gasteiger partial charge is 0.227 e. The number of hydrogen-bond donors (Lipinski definition) is 1. The molecule has 3 aliphatic heterocycles. The van der Waals surface area contributed by atoms with Crippen molar-refractivity contribution in [3.05, 3.63) is 0 Å². The number of rotatable bonds is 3. The summed E-state index contributed by atoms with van der Waals surface area (Å²) in [5.41, 5.74) is 0. The van der Waals surface area contributed by atoms with E-state index in [1.807, 2.05) is 11.8 Å². The van der Waals surface area contributed by atoms with Gasteiger partial charge >= 0.3 is 0 Å². The summed E-state index contributed by atoms with van der Waals surface area (Å²) in [6.45, 7) is 7.44. The van der Waals surface area contributed by atoms with Crippen molar-refractivity contribution in [3.63, 3.8) is 0 Å². The average molecular weight is 293 g/mol. The Morgan fingerprint density at radius 2 is 1.81 bits per heavy atom. The monoisotopic (exact) mass is 293 g/mol. The average Bonchev–Trinajstić information content (AvgIpc) is 3.08. The number of carbonyl (C=O) groups is 2. The van der Waals surface area contributed by atoms with Crippen molar-refractivity contribution >= 4 is 11.8 Å². The van der Waals surface area contributed by atoms with E-state index < -0.39 is 0 Å². The lowest BCUT2D eigenvalue weighted by molar-refractivity contribution is -0.140. The van der Waals surface area contributed by atoms with Gasteiger partial charge in [0.15, 0.2) is 0 Å². The van der Waals surface area contributed by atoms with Crippen molar-refractivity contribution in [2.45, 2.75) is 32.6 Å². The molecule has 3 fully saturated rings. The molecule has 1 unspecified atom stereocenters. The van der Waals surface area contributed by atoms with Crippen LogP contribution in [0.25, 0.3) is 0 Å². The molecule has 0 aromatic rings. The summed E-state index contributed by atoms with van der Waals surface area (Å²) in [7, 11) is 0. The summed E-state index contributed by atoms with van der Waals surface area (Å²) in [4.78, 5) is 28.7. The Kier molecular flexibility index (Phi) is 4.48. The van der Waals surface area contributed by atoms with Crippen LogP contribution in [0.2, 0.25) is 0 Å². The van der Waals surface area contributed by atoms with Gasteiger partial charge in [0.2, 0.25) is 11.8 Å². The number of hydrogen-bond acceptors (Lipinski definition) is 3. The number of amides is 2. The molecule has 3 aliphatic rings. The largest absolute Gasteiger partial charge is 0.342 e. The predicted octanol–water partition coefficient (Wildman–Crippen LogP) is 0.703. The fourth-order valence-electron chi connectivity index (χ4n) is 4.07.